The second kappa shape index (κ2) is 11.5. The van der Waals surface area contributed by atoms with Gasteiger partial charge in [0.1, 0.15) is 0 Å². The molecule has 2 aliphatic rings. The first kappa shape index (κ1) is 25.5. The predicted octanol–water partition coefficient (Wildman–Crippen LogP) is 9.78. The summed E-state index contributed by atoms with van der Waals surface area (Å²) in [4.78, 5) is 0. The van der Waals surface area contributed by atoms with Crippen LogP contribution in [0.15, 0.2) is 113 Å². The molecule has 0 heterocycles. The van der Waals surface area contributed by atoms with Crippen LogP contribution in [0, 0.1) is 5.92 Å². The molecule has 0 saturated carbocycles. The van der Waals surface area contributed by atoms with Crippen LogP contribution in [-0.4, -0.2) is 0 Å². The molecule has 0 N–H and O–H groups in total. The summed E-state index contributed by atoms with van der Waals surface area (Å²) in [7, 11) is 0. The van der Waals surface area contributed by atoms with Gasteiger partial charge in [0.15, 0.2) is 0 Å². The van der Waals surface area contributed by atoms with Gasteiger partial charge in [0, 0.05) is 0 Å². The van der Waals surface area contributed by atoms with Crippen molar-refractivity contribution in [3.05, 3.63) is 130 Å². The van der Waals surface area contributed by atoms with Gasteiger partial charge in [-0.1, -0.05) is 0 Å². The fraction of sp³-hybridized carbons (Fsp3) is 0.371. The van der Waals surface area contributed by atoms with E-state index >= 15 is 0 Å². The maximum absolute atomic E-state index is 2.65. The van der Waals surface area contributed by atoms with Gasteiger partial charge >= 0.3 is 224 Å². The van der Waals surface area contributed by atoms with E-state index in [0.717, 1.165) is 4.22 Å². The van der Waals surface area contributed by atoms with Gasteiger partial charge in [-0.05, 0) is 0 Å². The Kier molecular flexibility index (Phi) is 8.14. The van der Waals surface area contributed by atoms with Crippen molar-refractivity contribution in [2.24, 2.45) is 5.92 Å². The third-order valence-corrected chi connectivity index (χ3v) is 17.5. The number of allylic oxidation sites excluding steroid dienone is 4. The summed E-state index contributed by atoms with van der Waals surface area (Å²) in [6.45, 7) is 7.28. The molecular weight excluding hydrogens is 468 g/mol. The summed E-state index contributed by atoms with van der Waals surface area (Å²) in [6.07, 6.45) is 6.54. The Morgan fingerprint density at radius 1 is 0.694 bits per heavy atom. The first-order chi connectivity index (χ1) is 17.6. The molecule has 3 aromatic carbocycles. The van der Waals surface area contributed by atoms with E-state index in [4.69, 9.17) is 0 Å². The number of benzene rings is 3. The Morgan fingerprint density at radius 2 is 1.17 bits per heavy atom. The van der Waals surface area contributed by atoms with E-state index in [2.05, 4.69) is 112 Å². The zero-order valence-corrected chi connectivity index (χ0v) is 24.0. The fourth-order valence-corrected chi connectivity index (χ4v) is 17.1. The summed E-state index contributed by atoms with van der Waals surface area (Å²) >= 11 is -2.65. The van der Waals surface area contributed by atoms with Crippen LogP contribution in [0.2, 0.25) is 4.22 Å². The summed E-state index contributed by atoms with van der Waals surface area (Å²) in [5.74, 6) is 0.697. The first-order valence-corrected chi connectivity index (χ1v) is 18.4. The van der Waals surface area contributed by atoms with Gasteiger partial charge in [-0.25, -0.2) is 0 Å². The quantitative estimate of drug-likeness (QED) is 0.251. The van der Waals surface area contributed by atoms with Crippen molar-refractivity contribution in [3.63, 3.8) is 0 Å². The van der Waals surface area contributed by atoms with Crippen molar-refractivity contribution in [1.29, 1.82) is 0 Å². The maximum atomic E-state index is 2.46. The van der Waals surface area contributed by atoms with Crippen molar-refractivity contribution in [2.45, 2.75) is 71.3 Å². The van der Waals surface area contributed by atoms with Crippen LogP contribution in [0.3, 0.4) is 0 Å². The molecule has 0 saturated heterocycles. The zero-order valence-electron chi connectivity index (χ0n) is 22.5. The molecule has 2 unspecified atom stereocenters. The Hall–Kier alpha value is -2.15. The second-order valence-electron chi connectivity index (χ2n) is 11.2. The fourth-order valence-electron chi connectivity index (χ4n) is 7.65. The first-order valence-electron chi connectivity index (χ1n) is 14.2. The van der Waals surface area contributed by atoms with Crippen LogP contribution in [0.1, 0.15) is 69.6 Å². The van der Waals surface area contributed by atoms with Crippen molar-refractivity contribution >= 4 is 0 Å². The van der Waals surface area contributed by atoms with Gasteiger partial charge in [0.05, 0.1) is 0 Å². The number of hydrogen-bond acceptors (Lipinski definition) is 0. The molecule has 36 heavy (non-hydrogen) atoms. The third kappa shape index (κ3) is 5.13. The molecule has 2 aliphatic carbocycles. The van der Waals surface area contributed by atoms with Crippen LogP contribution < -0.4 is 0 Å². The molecule has 0 fully saturated rings. The standard InChI is InChI=1S/C14H21.3C7H7.Ti/c1-4-11-10(3)12(5-2)14-9-7-6-8-13(11)14;3*1-7-5-3-2-4-6-7;/h8,12H,4-7,9H2,1-3H3;3*2-6H,1H2;. The molecule has 0 nitrogen and oxygen atoms in total. The van der Waals surface area contributed by atoms with Crippen LogP contribution >= 0.6 is 0 Å². The SMILES string of the molecule is CCC1=C(C)C(CC)C2=C1[CH]([Ti]([CH2]c1ccccc1)([CH2]c1ccccc1)[CH2]c1ccccc1)CCC2. The molecule has 3 aromatic rings. The van der Waals surface area contributed by atoms with Gasteiger partial charge in [-0.15, -0.1) is 0 Å². The Balaban J connectivity index is 1.70. The van der Waals surface area contributed by atoms with E-state index in [1.165, 1.54) is 46.3 Å². The summed E-state index contributed by atoms with van der Waals surface area (Å²) in [5.41, 5.74) is 11.8. The van der Waals surface area contributed by atoms with E-state index in [9.17, 15) is 0 Å². The summed E-state index contributed by atoms with van der Waals surface area (Å²) < 4.78 is 4.69. The molecule has 0 spiro atoms. The molecule has 1 heteroatoms. The van der Waals surface area contributed by atoms with E-state index in [-0.39, 0.29) is 0 Å². The topological polar surface area (TPSA) is 0 Å². The average Bonchev–Trinajstić information content (AvgIpc) is 3.20. The van der Waals surface area contributed by atoms with E-state index in [1.54, 1.807) is 27.8 Å². The molecule has 0 aromatic heterocycles. The van der Waals surface area contributed by atoms with Crippen molar-refractivity contribution in [2.75, 3.05) is 0 Å². The van der Waals surface area contributed by atoms with Gasteiger partial charge in [-0.3, -0.25) is 0 Å². The van der Waals surface area contributed by atoms with Crippen LogP contribution in [0.4, 0.5) is 0 Å². The van der Waals surface area contributed by atoms with Crippen LogP contribution in [0.25, 0.3) is 0 Å². The minimum absolute atomic E-state index is 0.697. The van der Waals surface area contributed by atoms with Crippen molar-refractivity contribution in [3.8, 4) is 0 Å². The van der Waals surface area contributed by atoms with E-state index < -0.39 is 16.6 Å². The monoisotopic (exact) mass is 510 g/mol. The molecule has 0 bridgehead atoms. The molecule has 0 radical (unpaired) electrons. The Bertz CT molecular complexity index is 1100. The van der Waals surface area contributed by atoms with Gasteiger partial charge in [-0.2, -0.15) is 0 Å². The molecule has 0 amide bonds. The predicted molar refractivity (Wildman–Crippen MR) is 152 cm³/mol. The van der Waals surface area contributed by atoms with Gasteiger partial charge in [0.25, 0.3) is 0 Å². The molecular formula is C35H42Ti. The van der Waals surface area contributed by atoms with Crippen LogP contribution in [0.5, 0.6) is 0 Å². The van der Waals surface area contributed by atoms with Gasteiger partial charge < -0.3 is 0 Å². The van der Waals surface area contributed by atoms with Crippen molar-refractivity contribution < 1.29 is 16.6 Å². The third-order valence-electron chi connectivity index (χ3n) is 9.08. The number of hydrogen-bond donors (Lipinski definition) is 0. The molecule has 0 aliphatic heterocycles. The van der Waals surface area contributed by atoms with Crippen molar-refractivity contribution in [1.82, 2.24) is 0 Å². The Labute approximate surface area is 222 Å². The summed E-state index contributed by atoms with van der Waals surface area (Å²) in [5, 5.41) is 0. The van der Waals surface area contributed by atoms with Gasteiger partial charge in [0.2, 0.25) is 0 Å². The average molecular weight is 511 g/mol. The normalized spacial score (nSPS) is 20.1. The second-order valence-corrected chi connectivity index (χ2v) is 18.2. The summed E-state index contributed by atoms with van der Waals surface area (Å²) in [6, 6.07) is 34.5. The van der Waals surface area contributed by atoms with E-state index in [1.807, 2.05) is 11.1 Å². The zero-order chi connectivity index (χ0) is 25.0. The Morgan fingerprint density at radius 3 is 1.58 bits per heavy atom. The number of rotatable bonds is 9. The van der Waals surface area contributed by atoms with Crippen LogP contribution in [-0.2, 0) is 30.8 Å². The molecule has 186 valence electrons. The molecule has 2 atom stereocenters. The minimum atomic E-state index is -2.65. The van der Waals surface area contributed by atoms with E-state index in [0.29, 0.717) is 5.92 Å². The molecule has 5 rings (SSSR count).